The van der Waals surface area contributed by atoms with Gasteiger partial charge in [-0.15, -0.1) is 11.3 Å². The van der Waals surface area contributed by atoms with Crippen molar-refractivity contribution in [2.75, 3.05) is 57.9 Å². The van der Waals surface area contributed by atoms with Gasteiger partial charge in [0.1, 0.15) is 16.4 Å². The molecule has 2 N–H and O–H groups in total. The Labute approximate surface area is 231 Å². The van der Waals surface area contributed by atoms with Crippen LogP contribution in [0.5, 0.6) is 0 Å². The van der Waals surface area contributed by atoms with Crippen LogP contribution in [0.2, 0.25) is 10.0 Å². The fraction of sp³-hybridized carbons (Fsp3) is 0.560. The summed E-state index contributed by atoms with van der Waals surface area (Å²) >= 11 is 13.5. The SMILES string of the molecule is CC(C)(C)OC(=O)NCCOCCOCCN1CC[C@H](C(=O)Nc2csc(-c3ccc(Cl)c(Cl)c3)n2)C1. The summed E-state index contributed by atoms with van der Waals surface area (Å²) in [4.78, 5) is 31.0. The maximum atomic E-state index is 12.7. The molecule has 37 heavy (non-hydrogen) atoms. The molecule has 2 heterocycles. The van der Waals surface area contributed by atoms with Crippen molar-refractivity contribution in [3.8, 4) is 10.6 Å². The van der Waals surface area contributed by atoms with E-state index in [1.54, 1.807) is 12.1 Å². The van der Waals surface area contributed by atoms with Crippen LogP contribution < -0.4 is 10.6 Å². The van der Waals surface area contributed by atoms with Gasteiger partial charge < -0.3 is 29.7 Å². The number of alkyl carbamates (subject to hydrolysis) is 1. The number of hydrogen-bond donors (Lipinski definition) is 2. The van der Waals surface area contributed by atoms with E-state index in [0.717, 1.165) is 30.1 Å². The summed E-state index contributed by atoms with van der Waals surface area (Å²) in [6.07, 6.45) is 0.341. The van der Waals surface area contributed by atoms with E-state index < -0.39 is 11.7 Å². The molecule has 1 fully saturated rings. The topological polar surface area (TPSA) is 102 Å². The van der Waals surface area contributed by atoms with Gasteiger partial charge in [0, 0.05) is 30.6 Å². The highest BCUT2D eigenvalue weighted by atomic mass is 35.5. The number of nitrogens with one attached hydrogen (secondary N) is 2. The first-order chi connectivity index (χ1) is 17.6. The second kappa shape index (κ2) is 14.3. The fourth-order valence-corrected chi connectivity index (χ4v) is 4.67. The molecule has 0 saturated carbocycles. The Hall–Kier alpha value is -1.95. The molecule has 2 amide bonds. The quantitative estimate of drug-likeness (QED) is 0.347. The largest absolute Gasteiger partial charge is 0.444 e. The molecule has 2 aromatic rings. The highest BCUT2D eigenvalue weighted by Gasteiger charge is 2.28. The van der Waals surface area contributed by atoms with E-state index in [-0.39, 0.29) is 11.8 Å². The number of rotatable bonds is 12. The van der Waals surface area contributed by atoms with Crippen LogP contribution in [-0.2, 0) is 19.0 Å². The molecule has 1 saturated heterocycles. The van der Waals surface area contributed by atoms with E-state index in [2.05, 4.69) is 20.5 Å². The van der Waals surface area contributed by atoms with Crippen LogP contribution in [0.25, 0.3) is 10.6 Å². The summed E-state index contributed by atoms with van der Waals surface area (Å²) in [6, 6.07) is 5.35. The van der Waals surface area contributed by atoms with Crippen molar-refractivity contribution in [2.24, 2.45) is 5.92 Å². The van der Waals surface area contributed by atoms with Crippen molar-refractivity contribution in [3.05, 3.63) is 33.6 Å². The predicted molar refractivity (Wildman–Crippen MR) is 147 cm³/mol. The summed E-state index contributed by atoms with van der Waals surface area (Å²) in [5.41, 5.74) is 0.340. The van der Waals surface area contributed by atoms with Crippen LogP contribution in [-0.4, -0.2) is 80.1 Å². The van der Waals surface area contributed by atoms with Gasteiger partial charge in [-0.05, 0) is 45.9 Å². The van der Waals surface area contributed by atoms with Crippen molar-refractivity contribution >= 4 is 52.4 Å². The number of carbonyl (C=O) groups excluding carboxylic acids is 2. The van der Waals surface area contributed by atoms with Crippen molar-refractivity contribution in [2.45, 2.75) is 32.8 Å². The van der Waals surface area contributed by atoms with Gasteiger partial charge in [-0.2, -0.15) is 0 Å². The Bertz CT molecular complexity index is 1050. The third-order valence-corrected chi connectivity index (χ3v) is 7.03. The van der Waals surface area contributed by atoms with E-state index in [4.69, 9.17) is 37.4 Å². The normalized spacial score (nSPS) is 16.1. The number of carbonyl (C=O) groups is 2. The molecular weight excluding hydrogens is 539 g/mol. The summed E-state index contributed by atoms with van der Waals surface area (Å²) < 4.78 is 16.2. The van der Waals surface area contributed by atoms with E-state index in [1.165, 1.54) is 11.3 Å². The number of anilines is 1. The lowest BCUT2D eigenvalue weighted by atomic mass is 10.1. The zero-order valence-electron chi connectivity index (χ0n) is 21.4. The van der Waals surface area contributed by atoms with E-state index in [9.17, 15) is 9.59 Å². The summed E-state index contributed by atoms with van der Waals surface area (Å²) in [5.74, 6) is 0.429. The van der Waals surface area contributed by atoms with E-state index in [1.807, 2.05) is 32.2 Å². The first-order valence-electron chi connectivity index (χ1n) is 12.2. The minimum absolute atomic E-state index is 0.0252. The molecule has 1 aliphatic rings. The summed E-state index contributed by atoms with van der Waals surface area (Å²) in [7, 11) is 0. The van der Waals surface area contributed by atoms with Gasteiger partial charge in [-0.25, -0.2) is 9.78 Å². The highest BCUT2D eigenvalue weighted by Crippen LogP contribution is 2.31. The minimum atomic E-state index is -0.517. The first-order valence-corrected chi connectivity index (χ1v) is 13.8. The second-order valence-electron chi connectivity index (χ2n) is 9.60. The Morgan fingerprint density at radius 2 is 1.89 bits per heavy atom. The molecule has 3 rings (SSSR count). The van der Waals surface area contributed by atoms with E-state index in [0.29, 0.717) is 55.4 Å². The zero-order chi connectivity index (χ0) is 26.8. The van der Waals surface area contributed by atoms with Gasteiger partial charge in [0.25, 0.3) is 0 Å². The van der Waals surface area contributed by atoms with Gasteiger partial charge in [0.05, 0.1) is 42.4 Å². The van der Waals surface area contributed by atoms with Crippen LogP contribution in [0.1, 0.15) is 27.2 Å². The molecule has 1 aromatic heterocycles. The average molecular weight is 574 g/mol. The maximum absolute atomic E-state index is 12.7. The number of ether oxygens (including phenoxy) is 3. The number of likely N-dealkylation sites (tertiary alicyclic amines) is 1. The Morgan fingerprint density at radius 3 is 2.62 bits per heavy atom. The van der Waals surface area contributed by atoms with Gasteiger partial charge in [0.2, 0.25) is 5.91 Å². The van der Waals surface area contributed by atoms with Crippen LogP contribution >= 0.6 is 34.5 Å². The molecule has 9 nitrogen and oxygen atoms in total. The van der Waals surface area contributed by atoms with Crippen LogP contribution in [0, 0.1) is 5.92 Å². The monoisotopic (exact) mass is 572 g/mol. The van der Waals surface area contributed by atoms with Crippen LogP contribution in [0.4, 0.5) is 10.6 Å². The van der Waals surface area contributed by atoms with Gasteiger partial charge in [-0.3, -0.25) is 4.79 Å². The van der Waals surface area contributed by atoms with Gasteiger partial charge >= 0.3 is 6.09 Å². The average Bonchev–Trinajstić information content (AvgIpc) is 3.48. The number of amides is 2. The summed E-state index contributed by atoms with van der Waals surface area (Å²) in [6.45, 7) is 9.97. The Balaban J connectivity index is 1.25. The second-order valence-corrected chi connectivity index (χ2v) is 11.3. The molecule has 0 aliphatic carbocycles. The first kappa shape index (κ1) is 29.6. The molecule has 1 aliphatic heterocycles. The van der Waals surface area contributed by atoms with Crippen molar-refractivity contribution < 1.29 is 23.8 Å². The number of thiazole rings is 1. The predicted octanol–water partition coefficient (Wildman–Crippen LogP) is 4.94. The number of aromatic nitrogens is 1. The molecule has 0 radical (unpaired) electrons. The molecule has 12 heteroatoms. The third-order valence-electron chi connectivity index (χ3n) is 5.40. The molecular formula is C25H34Cl2N4O5S. The lowest BCUT2D eigenvalue weighted by Gasteiger charge is -2.19. The van der Waals surface area contributed by atoms with Crippen molar-refractivity contribution in [1.29, 1.82) is 0 Å². The number of nitrogens with zero attached hydrogens (tertiary/aromatic N) is 2. The number of hydrogen-bond acceptors (Lipinski definition) is 8. The molecule has 204 valence electrons. The number of halogens is 2. The van der Waals surface area contributed by atoms with Gasteiger partial charge in [0.15, 0.2) is 0 Å². The van der Waals surface area contributed by atoms with Crippen LogP contribution in [0.15, 0.2) is 23.6 Å². The molecule has 0 unspecified atom stereocenters. The van der Waals surface area contributed by atoms with E-state index >= 15 is 0 Å². The Kier molecular flexibility index (Phi) is 11.4. The molecule has 0 bridgehead atoms. The minimum Gasteiger partial charge on any atom is -0.444 e. The van der Waals surface area contributed by atoms with Crippen molar-refractivity contribution in [3.63, 3.8) is 0 Å². The van der Waals surface area contributed by atoms with Crippen LogP contribution in [0.3, 0.4) is 0 Å². The molecule has 0 spiro atoms. The fourth-order valence-electron chi connectivity index (χ4n) is 3.63. The smallest absolute Gasteiger partial charge is 0.407 e. The standard InChI is InChI=1S/C25H34Cl2N4O5S/c1-25(2,3)36-24(33)28-7-10-34-12-13-35-11-9-31-8-6-18(15-31)22(32)29-21-16-37-23(30-21)17-4-5-19(26)20(27)14-17/h4-5,14,16,18H,6-13,15H2,1-3H3,(H,28,33)(H,29,32)/t18-/m0/s1. The zero-order valence-corrected chi connectivity index (χ0v) is 23.7. The van der Waals surface area contributed by atoms with Crippen molar-refractivity contribution in [1.82, 2.24) is 15.2 Å². The maximum Gasteiger partial charge on any atom is 0.407 e. The molecule has 1 atom stereocenters. The number of benzene rings is 1. The lowest BCUT2D eigenvalue weighted by molar-refractivity contribution is -0.119. The van der Waals surface area contributed by atoms with Gasteiger partial charge in [-0.1, -0.05) is 29.3 Å². The molecule has 1 aromatic carbocycles. The Morgan fingerprint density at radius 1 is 1.14 bits per heavy atom. The highest BCUT2D eigenvalue weighted by molar-refractivity contribution is 7.13. The third kappa shape index (κ3) is 10.4. The lowest BCUT2D eigenvalue weighted by Crippen LogP contribution is -2.34. The summed E-state index contributed by atoms with van der Waals surface area (Å²) in [5, 5.41) is 9.12.